The van der Waals surface area contributed by atoms with E-state index in [0.29, 0.717) is 6.04 Å². The van der Waals surface area contributed by atoms with E-state index in [1.54, 1.807) is 0 Å². The first-order valence-electron chi connectivity index (χ1n) is 6.74. The summed E-state index contributed by atoms with van der Waals surface area (Å²) in [6, 6.07) is 8.68. The van der Waals surface area contributed by atoms with Crippen molar-refractivity contribution in [2.45, 2.75) is 46.1 Å². The van der Waals surface area contributed by atoms with E-state index in [1.165, 1.54) is 12.0 Å². The second-order valence-corrected chi connectivity index (χ2v) is 4.42. The maximum atomic E-state index is 5.84. The van der Waals surface area contributed by atoms with Crippen molar-refractivity contribution in [2.24, 2.45) is 0 Å². The number of rotatable bonds is 8. The summed E-state index contributed by atoms with van der Waals surface area (Å²) in [7, 11) is 0. The van der Waals surface area contributed by atoms with Gasteiger partial charge in [0.25, 0.3) is 0 Å². The molecule has 0 aliphatic heterocycles. The lowest BCUT2D eigenvalue weighted by Gasteiger charge is -2.18. The van der Waals surface area contributed by atoms with Crippen LogP contribution in [0.2, 0.25) is 0 Å². The Morgan fingerprint density at radius 1 is 1.18 bits per heavy atom. The third-order valence-electron chi connectivity index (χ3n) is 2.84. The monoisotopic (exact) mass is 235 g/mol. The smallest absolute Gasteiger partial charge is 0.124 e. The summed E-state index contributed by atoms with van der Waals surface area (Å²) in [6.07, 6.45) is 3.44. The molecule has 0 aliphatic carbocycles. The second kappa shape index (κ2) is 8.13. The Kier molecular flexibility index (Phi) is 6.71. The molecule has 96 valence electrons. The molecule has 1 unspecified atom stereocenters. The molecule has 0 saturated carbocycles. The molecule has 0 saturated heterocycles. The van der Waals surface area contributed by atoms with Gasteiger partial charge in [-0.25, -0.2) is 0 Å². The third-order valence-corrected chi connectivity index (χ3v) is 2.84. The first-order valence-corrected chi connectivity index (χ1v) is 6.74. The minimum atomic E-state index is 0.354. The van der Waals surface area contributed by atoms with Crippen LogP contribution in [0.3, 0.4) is 0 Å². The minimum Gasteiger partial charge on any atom is -0.493 e. The van der Waals surface area contributed by atoms with Crippen LogP contribution in [0.4, 0.5) is 0 Å². The summed E-state index contributed by atoms with van der Waals surface area (Å²) in [4.78, 5) is 0. The SMILES string of the molecule is CCCCOc1ccccc1C(C)NCCC. The number of benzene rings is 1. The van der Waals surface area contributed by atoms with E-state index in [4.69, 9.17) is 4.74 Å². The fourth-order valence-corrected chi connectivity index (χ4v) is 1.77. The van der Waals surface area contributed by atoms with E-state index in [1.807, 2.05) is 6.07 Å². The Hall–Kier alpha value is -1.02. The number of ether oxygens (including phenoxy) is 1. The van der Waals surface area contributed by atoms with Gasteiger partial charge in [-0.1, -0.05) is 38.5 Å². The highest BCUT2D eigenvalue weighted by Crippen LogP contribution is 2.24. The molecule has 0 heterocycles. The zero-order valence-electron chi connectivity index (χ0n) is 11.3. The van der Waals surface area contributed by atoms with Crippen molar-refractivity contribution in [1.29, 1.82) is 0 Å². The van der Waals surface area contributed by atoms with Gasteiger partial charge < -0.3 is 10.1 Å². The van der Waals surface area contributed by atoms with Crippen LogP contribution in [0.1, 0.15) is 51.6 Å². The van der Waals surface area contributed by atoms with Crippen molar-refractivity contribution >= 4 is 0 Å². The van der Waals surface area contributed by atoms with Crippen LogP contribution in [0.5, 0.6) is 5.75 Å². The van der Waals surface area contributed by atoms with Gasteiger partial charge in [0.15, 0.2) is 0 Å². The van der Waals surface area contributed by atoms with Crippen LogP contribution < -0.4 is 10.1 Å². The van der Waals surface area contributed by atoms with Gasteiger partial charge in [-0.3, -0.25) is 0 Å². The summed E-state index contributed by atoms with van der Waals surface area (Å²) in [5.41, 5.74) is 1.26. The Morgan fingerprint density at radius 3 is 2.65 bits per heavy atom. The van der Waals surface area contributed by atoms with Crippen LogP contribution in [0.25, 0.3) is 0 Å². The molecule has 0 amide bonds. The molecule has 1 rings (SSSR count). The van der Waals surface area contributed by atoms with Gasteiger partial charge in [0.1, 0.15) is 5.75 Å². The number of para-hydroxylation sites is 1. The number of hydrogen-bond acceptors (Lipinski definition) is 2. The lowest BCUT2D eigenvalue weighted by Crippen LogP contribution is -2.20. The van der Waals surface area contributed by atoms with Crippen molar-refractivity contribution in [2.75, 3.05) is 13.2 Å². The van der Waals surface area contributed by atoms with Gasteiger partial charge in [0, 0.05) is 11.6 Å². The summed E-state index contributed by atoms with van der Waals surface area (Å²) in [5.74, 6) is 1.03. The molecule has 0 spiro atoms. The lowest BCUT2D eigenvalue weighted by molar-refractivity contribution is 0.303. The summed E-state index contributed by atoms with van der Waals surface area (Å²) < 4.78 is 5.84. The molecule has 0 radical (unpaired) electrons. The molecule has 0 bridgehead atoms. The maximum absolute atomic E-state index is 5.84. The highest BCUT2D eigenvalue weighted by atomic mass is 16.5. The standard InChI is InChI=1S/C15H25NO/c1-4-6-12-17-15-10-8-7-9-14(15)13(3)16-11-5-2/h7-10,13,16H,4-6,11-12H2,1-3H3. The lowest BCUT2D eigenvalue weighted by atomic mass is 10.1. The molecule has 0 aliphatic rings. The van der Waals surface area contributed by atoms with E-state index in [-0.39, 0.29) is 0 Å². The average molecular weight is 235 g/mol. The van der Waals surface area contributed by atoms with Gasteiger partial charge in [-0.05, 0) is 32.4 Å². The number of hydrogen-bond donors (Lipinski definition) is 1. The van der Waals surface area contributed by atoms with E-state index >= 15 is 0 Å². The predicted octanol–water partition coefficient (Wildman–Crippen LogP) is 3.93. The quantitative estimate of drug-likeness (QED) is 0.689. The van der Waals surface area contributed by atoms with E-state index in [9.17, 15) is 0 Å². The Bertz CT molecular complexity index is 312. The van der Waals surface area contributed by atoms with Crippen LogP contribution in [-0.4, -0.2) is 13.2 Å². The maximum Gasteiger partial charge on any atom is 0.124 e. The molecule has 1 N–H and O–H groups in total. The second-order valence-electron chi connectivity index (χ2n) is 4.42. The highest BCUT2D eigenvalue weighted by molar-refractivity contribution is 5.35. The highest BCUT2D eigenvalue weighted by Gasteiger charge is 2.09. The van der Waals surface area contributed by atoms with Gasteiger partial charge in [0.05, 0.1) is 6.61 Å². The van der Waals surface area contributed by atoms with E-state index in [0.717, 1.165) is 31.7 Å². The van der Waals surface area contributed by atoms with Crippen molar-refractivity contribution in [3.8, 4) is 5.75 Å². The van der Waals surface area contributed by atoms with Crippen molar-refractivity contribution in [3.05, 3.63) is 29.8 Å². The van der Waals surface area contributed by atoms with Crippen molar-refractivity contribution in [3.63, 3.8) is 0 Å². The fourth-order valence-electron chi connectivity index (χ4n) is 1.77. The van der Waals surface area contributed by atoms with Crippen LogP contribution >= 0.6 is 0 Å². The predicted molar refractivity (Wildman–Crippen MR) is 73.6 cm³/mol. The largest absolute Gasteiger partial charge is 0.493 e. The minimum absolute atomic E-state index is 0.354. The topological polar surface area (TPSA) is 21.3 Å². The van der Waals surface area contributed by atoms with E-state index < -0.39 is 0 Å². The van der Waals surface area contributed by atoms with E-state index in [2.05, 4.69) is 44.3 Å². The van der Waals surface area contributed by atoms with Gasteiger partial charge in [-0.2, -0.15) is 0 Å². The summed E-state index contributed by atoms with van der Waals surface area (Å²) >= 11 is 0. The summed E-state index contributed by atoms with van der Waals surface area (Å²) in [6.45, 7) is 8.42. The van der Waals surface area contributed by atoms with Crippen molar-refractivity contribution in [1.82, 2.24) is 5.32 Å². The molecule has 0 aromatic heterocycles. The molecule has 1 aromatic carbocycles. The molecule has 1 atom stereocenters. The molecule has 1 aromatic rings. The van der Waals surface area contributed by atoms with Gasteiger partial charge in [-0.15, -0.1) is 0 Å². The zero-order valence-corrected chi connectivity index (χ0v) is 11.3. The molecule has 2 nitrogen and oxygen atoms in total. The molecule has 0 fully saturated rings. The Morgan fingerprint density at radius 2 is 1.94 bits per heavy atom. The average Bonchev–Trinajstić information content (AvgIpc) is 2.37. The normalized spacial score (nSPS) is 12.4. The van der Waals surface area contributed by atoms with Gasteiger partial charge >= 0.3 is 0 Å². The first-order chi connectivity index (χ1) is 8.29. The van der Waals surface area contributed by atoms with Crippen LogP contribution in [0, 0.1) is 0 Å². The van der Waals surface area contributed by atoms with Crippen LogP contribution in [0.15, 0.2) is 24.3 Å². The van der Waals surface area contributed by atoms with Crippen molar-refractivity contribution < 1.29 is 4.74 Å². The number of nitrogens with one attached hydrogen (secondary N) is 1. The Labute approximate surface area is 105 Å². The Balaban J connectivity index is 2.62. The third kappa shape index (κ3) is 4.78. The molecular formula is C15H25NO. The molecule has 17 heavy (non-hydrogen) atoms. The molecular weight excluding hydrogens is 210 g/mol. The first kappa shape index (κ1) is 14.0. The molecule has 2 heteroatoms. The van der Waals surface area contributed by atoms with Crippen LogP contribution in [-0.2, 0) is 0 Å². The summed E-state index contributed by atoms with van der Waals surface area (Å²) in [5, 5.41) is 3.50. The zero-order chi connectivity index (χ0) is 12.5. The number of unbranched alkanes of at least 4 members (excludes halogenated alkanes) is 1. The van der Waals surface area contributed by atoms with Gasteiger partial charge in [0.2, 0.25) is 0 Å². The fraction of sp³-hybridized carbons (Fsp3) is 0.600.